The molecule has 0 fully saturated rings. The molecule has 1 aromatic heterocycles. The lowest BCUT2D eigenvalue weighted by molar-refractivity contribution is 0.487. The maximum Gasteiger partial charge on any atom is 0.135 e. The number of nitrogens with zero attached hydrogens (tertiary/aromatic N) is 1. The predicted molar refractivity (Wildman–Crippen MR) is 167 cm³/mol. The molecule has 0 atom stereocenters. The monoisotopic (exact) mass is 527 g/mol. The smallest absolute Gasteiger partial charge is 0.135 e. The molecule has 0 aliphatic carbocycles. The average molecular weight is 528 g/mol. The molecule has 0 radical (unpaired) electrons. The van der Waals surface area contributed by atoms with Gasteiger partial charge in [-0.1, -0.05) is 109 Å². The summed E-state index contributed by atoms with van der Waals surface area (Å²) in [5.74, 6) is 0.0690. The van der Waals surface area contributed by atoms with Crippen LogP contribution in [0.4, 0.5) is 0 Å². The van der Waals surface area contributed by atoms with Crippen molar-refractivity contribution in [3.63, 3.8) is 0 Å². The van der Waals surface area contributed by atoms with Gasteiger partial charge in [-0.15, -0.1) is 0 Å². The van der Waals surface area contributed by atoms with E-state index in [0.717, 1.165) is 4.57 Å². The number of aromatic nitrogens is 1. The fourth-order valence-electron chi connectivity index (χ4n) is 5.55. The van der Waals surface area contributed by atoms with Crippen LogP contribution in [-0.2, 0) is 0 Å². The molecule has 0 saturated carbocycles. The van der Waals surface area contributed by atoms with E-state index in [-0.39, 0.29) is 61.4 Å². The third-order valence-corrected chi connectivity index (χ3v) is 7.14. The maximum absolute atomic E-state index is 9.43. The van der Waals surface area contributed by atoms with Crippen molar-refractivity contribution in [3.05, 3.63) is 139 Å². The summed E-state index contributed by atoms with van der Waals surface area (Å²) in [6.45, 7) is 0. The highest BCUT2D eigenvalue weighted by Gasteiger charge is 2.23. The molecule has 2 nitrogen and oxygen atoms in total. The molecule has 0 N–H and O–H groups in total. The number of rotatable bonds is 2. The minimum atomic E-state index is -0.779. The van der Waals surface area contributed by atoms with Gasteiger partial charge in [-0.3, -0.25) is 0 Å². The van der Waals surface area contributed by atoms with Crippen LogP contribution in [0.1, 0.15) is 24.7 Å². The summed E-state index contributed by atoms with van der Waals surface area (Å²) in [4.78, 5) is 0. The Morgan fingerprint density at radius 1 is 0.475 bits per heavy atom. The van der Waals surface area contributed by atoms with Crippen LogP contribution in [0.25, 0.3) is 71.3 Å². The van der Waals surface area contributed by atoms with E-state index in [1.54, 1.807) is 18.2 Å². The highest BCUT2D eigenvalue weighted by Crippen LogP contribution is 2.49. The molecule has 0 unspecified atom stereocenters. The first-order chi connectivity index (χ1) is 27.3. The van der Waals surface area contributed by atoms with Gasteiger partial charge < -0.3 is 9.30 Å². The molecule has 8 aromatic rings. The highest BCUT2D eigenvalue weighted by molar-refractivity contribution is 6.22. The van der Waals surface area contributed by atoms with Crippen LogP contribution in [0.3, 0.4) is 0 Å². The normalized spacial score (nSPS) is 18.5. The van der Waals surface area contributed by atoms with Gasteiger partial charge in [0.2, 0.25) is 0 Å². The van der Waals surface area contributed by atoms with Gasteiger partial charge >= 0.3 is 0 Å². The molecule has 0 spiro atoms. The Morgan fingerprint density at radius 3 is 2.20 bits per heavy atom. The van der Waals surface area contributed by atoms with E-state index >= 15 is 0 Å². The molecule has 9 rings (SSSR count). The largest absolute Gasteiger partial charge is 0.456 e. The van der Waals surface area contributed by atoms with Gasteiger partial charge in [-0.2, -0.15) is 0 Å². The molecular weight excluding hydrogens is 486 g/mol. The first-order valence-corrected chi connectivity index (χ1v) is 12.2. The minimum Gasteiger partial charge on any atom is -0.456 e. The Labute approximate surface area is 256 Å². The summed E-state index contributed by atoms with van der Waals surface area (Å²) in [6, 6.07) is -3.75. The number of para-hydroxylation sites is 3. The standard InChI is InChI=1S/C38H23NO/c1-2-11-25(12-3-1)39-37-26-13-5-4-10-24(26)20-21-33(37)32-18-9-17-31(38(32)39)27-22-23-35-36-29(27)15-8-16-30(36)28-14-6-7-19-34(28)40-35/h1-23H/i1D,2D,3D,4D,5D,6D,7D,9D,10D,11D,12D,13D,14D,17D,18D,19D,20D,21D. The molecule has 0 saturated heterocycles. The van der Waals surface area contributed by atoms with E-state index in [4.69, 9.17) is 25.3 Å². The lowest BCUT2D eigenvalue weighted by Crippen LogP contribution is -1.99. The van der Waals surface area contributed by atoms with Crippen molar-refractivity contribution < 1.29 is 29.4 Å². The first kappa shape index (κ1) is 10.7. The van der Waals surface area contributed by atoms with Crippen molar-refractivity contribution in [1.29, 1.82) is 0 Å². The SMILES string of the molecule is [2H]c1c([2H])c([2H])c(-n2c3c(-c4ccc5c6c(cccc46)-c4c([2H])c([2H])c([2H])c([2H])c4O5)c([2H])c([2H])c([2H])c3c3c([2H])c([2H])c4c([2H])c([2H])c([2H])c([2H])c4c32)c([2H])c1[2H]. The third-order valence-electron chi connectivity index (χ3n) is 7.14. The number of ether oxygens (including phenoxy) is 1. The van der Waals surface area contributed by atoms with Gasteiger partial charge in [0.25, 0.3) is 0 Å². The zero-order valence-corrected chi connectivity index (χ0v) is 20.2. The van der Waals surface area contributed by atoms with Gasteiger partial charge in [-0.25, -0.2) is 0 Å². The van der Waals surface area contributed by atoms with Crippen molar-refractivity contribution in [1.82, 2.24) is 4.57 Å². The Hall–Kier alpha value is -5.34. The summed E-state index contributed by atoms with van der Waals surface area (Å²) in [5, 5.41) is -0.665. The van der Waals surface area contributed by atoms with Crippen LogP contribution in [0.15, 0.2) is 139 Å². The summed E-state index contributed by atoms with van der Waals surface area (Å²) >= 11 is 0. The zero-order chi connectivity index (χ0) is 41.9. The Bertz CT molecular complexity index is 3270. The number of hydrogen-bond acceptors (Lipinski definition) is 1. The van der Waals surface area contributed by atoms with Crippen LogP contribution in [0, 0.1) is 0 Å². The molecule has 1 aliphatic heterocycles. The van der Waals surface area contributed by atoms with Gasteiger partial charge in [-0.05, 0) is 52.2 Å². The van der Waals surface area contributed by atoms with Crippen LogP contribution in [0.5, 0.6) is 11.5 Å². The van der Waals surface area contributed by atoms with Gasteiger partial charge in [0, 0.05) is 38.4 Å². The lowest BCUT2D eigenvalue weighted by atomic mass is 9.90. The van der Waals surface area contributed by atoms with Crippen LogP contribution < -0.4 is 4.74 Å². The zero-order valence-electron chi connectivity index (χ0n) is 38.2. The fraction of sp³-hybridized carbons (Fsp3) is 0. The van der Waals surface area contributed by atoms with Crippen molar-refractivity contribution in [2.45, 2.75) is 0 Å². The van der Waals surface area contributed by atoms with E-state index in [1.807, 2.05) is 0 Å². The Morgan fingerprint density at radius 2 is 1.25 bits per heavy atom. The van der Waals surface area contributed by atoms with Crippen molar-refractivity contribution in [2.75, 3.05) is 0 Å². The molecule has 1 aliphatic rings. The quantitative estimate of drug-likeness (QED) is 0.218. The molecule has 2 heteroatoms. The predicted octanol–water partition coefficient (Wildman–Crippen LogP) is 10.5. The second kappa shape index (κ2) is 8.08. The summed E-state index contributed by atoms with van der Waals surface area (Å²) in [7, 11) is 0. The van der Waals surface area contributed by atoms with Crippen LogP contribution >= 0.6 is 0 Å². The molecule has 2 heterocycles. The van der Waals surface area contributed by atoms with E-state index in [9.17, 15) is 4.11 Å². The van der Waals surface area contributed by atoms with E-state index in [0.29, 0.717) is 16.3 Å². The third kappa shape index (κ3) is 2.88. The second-order valence-electron chi connectivity index (χ2n) is 9.15. The van der Waals surface area contributed by atoms with E-state index in [1.165, 1.54) is 12.1 Å². The number of benzene rings is 7. The van der Waals surface area contributed by atoms with E-state index < -0.39 is 114 Å². The molecule has 186 valence electrons. The number of hydrogen-bond donors (Lipinski definition) is 0. The van der Waals surface area contributed by atoms with Gasteiger partial charge in [0.05, 0.1) is 35.7 Å². The summed E-state index contributed by atoms with van der Waals surface area (Å²) < 4.78 is 166. The van der Waals surface area contributed by atoms with Gasteiger partial charge in [0.1, 0.15) is 11.5 Å². The first-order valence-electron chi connectivity index (χ1n) is 21.2. The number of fused-ring (bicyclic) bond motifs is 7. The molecular formula is C38H23NO. The summed E-state index contributed by atoms with van der Waals surface area (Å²) in [6.07, 6.45) is 0. The Kier molecular flexibility index (Phi) is 2.16. The topological polar surface area (TPSA) is 14.2 Å². The molecule has 7 aromatic carbocycles. The fourth-order valence-corrected chi connectivity index (χ4v) is 5.55. The van der Waals surface area contributed by atoms with Crippen molar-refractivity contribution in [3.8, 4) is 39.4 Å². The van der Waals surface area contributed by atoms with Gasteiger partial charge in [0.15, 0.2) is 0 Å². The lowest BCUT2D eigenvalue weighted by Gasteiger charge is -2.22. The Balaban J connectivity index is 1.59. The highest BCUT2D eigenvalue weighted by atomic mass is 16.5. The molecule has 0 amide bonds. The molecule has 40 heavy (non-hydrogen) atoms. The van der Waals surface area contributed by atoms with E-state index in [2.05, 4.69) is 0 Å². The molecule has 0 bridgehead atoms. The average Bonchev–Trinajstić information content (AvgIpc) is 3.55. The summed E-state index contributed by atoms with van der Waals surface area (Å²) in [5.41, 5.74) is -0.671. The van der Waals surface area contributed by atoms with Crippen molar-refractivity contribution >= 4 is 43.4 Å². The van der Waals surface area contributed by atoms with Crippen molar-refractivity contribution in [2.24, 2.45) is 0 Å². The van der Waals surface area contributed by atoms with Crippen LogP contribution in [0.2, 0.25) is 0 Å². The second-order valence-corrected chi connectivity index (χ2v) is 9.15. The minimum absolute atomic E-state index is 0.0656. The van der Waals surface area contributed by atoms with Crippen LogP contribution in [-0.4, -0.2) is 4.57 Å². The maximum atomic E-state index is 9.43.